The normalized spacial score (nSPS) is 12.0. The zero-order valence-corrected chi connectivity index (χ0v) is 19.8. The number of benzene rings is 2. The molecular formula is C27H35NO3. The Morgan fingerprint density at radius 2 is 1.58 bits per heavy atom. The van der Waals surface area contributed by atoms with Gasteiger partial charge in [-0.05, 0) is 96.0 Å². The molecule has 31 heavy (non-hydrogen) atoms. The molecule has 2 aromatic carbocycles. The molecule has 0 aromatic heterocycles. The van der Waals surface area contributed by atoms with E-state index in [1.165, 1.54) is 0 Å². The summed E-state index contributed by atoms with van der Waals surface area (Å²) in [4.78, 5) is 12.8. The van der Waals surface area contributed by atoms with E-state index >= 15 is 0 Å². The highest BCUT2D eigenvalue weighted by molar-refractivity contribution is 6.07. The van der Waals surface area contributed by atoms with E-state index in [0.29, 0.717) is 23.5 Å². The van der Waals surface area contributed by atoms with Crippen LogP contribution < -0.4 is 14.8 Å². The summed E-state index contributed by atoms with van der Waals surface area (Å²) in [5.74, 6) is 1.30. The third-order valence-corrected chi connectivity index (χ3v) is 4.29. The van der Waals surface area contributed by atoms with Gasteiger partial charge in [0.1, 0.15) is 22.7 Å². The molecule has 4 nitrogen and oxygen atoms in total. The van der Waals surface area contributed by atoms with E-state index in [0.717, 1.165) is 16.8 Å². The van der Waals surface area contributed by atoms with Crippen LogP contribution in [0.3, 0.4) is 0 Å². The van der Waals surface area contributed by atoms with Crippen LogP contribution in [0, 0.1) is 0 Å². The molecule has 166 valence electrons. The Morgan fingerprint density at radius 1 is 0.968 bits per heavy atom. The highest BCUT2D eigenvalue weighted by atomic mass is 16.5. The molecule has 0 aliphatic carbocycles. The van der Waals surface area contributed by atoms with Gasteiger partial charge in [-0.1, -0.05) is 12.1 Å². The molecule has 1 N–H and O–H groups in total. The van der Waals surface area contributed by atoms with Gasteiger partial charge in [0, 0.05) is 18.3 Å². The number of ketones is 1. The Balaban J connectivity index is 2.55. The highest BCUT2D eigenvalue weighted by Crippen LogP contribution is 2.38. The maximum absolute atomic E-state index is 12.8. The third kappa shape index (κ3) is 7.32. The number of nitrogens with one attached hydrogen (secondary N) is 1. The van der Waals surface area contributed by atoms with Crippen LogP contribution in [0.5, 0.6) is 11.5 Å². The lowest BCUT2D eigenvalue weighted by Crippen LogP contribution is -2.26. The van der Waals surface area contributed by atoms with Crippen molar-refractivity contribution in [2.75, 3.05) is 12.4 Å². The fourth-order valence-corrected chi connectivity index (χ4v) is 3.00. The average molecular weight is 422 g/mol. The van der Waals surface area contributed by atoms with Crippen LogP contribution in [0.1, 0.15) is 63.0 Å². The lowest BCUT2D eigenvalue weighted by molar-refractivity contribution is 0.104. The molecule has 0 saturated carbocycles. The number of hydrogen-bond donors (Lipinski definition) is 1. The van der Waals surface area contributed by atoms with E-state index in [4.69, 9.17) is 9.47 Å². The van der Waals surface area contributed by atoms with Gasteiger partial charge in [0.05, 0.1) is 5.56 Å². The first kappa shape index (κ1) is 24.3. The van der Waals surface area contributed by atoms with E-state index in [9.17, 15) is 4.79 Å². The van der Waals surface area contributed by atoms with Crippen molar-refractivity contribution in [3.8, 4) is 11.5 Å². The maximum Gasteiger partial charge on any atom is 0.185 e. The van der Waals surface area contributed by atoms with Crippen LogP contribution >= 0.6 is 0 Å². The molecule has 4 heteroatoms. The first-order valence-corrected chi connectivity index (χ1v) is 10.6. The monoisotopic (exact) mass is 421 g/mol. The second kappa shape index (κ2) is 9.86. The standard InChI is InChI=1S/C27H35NO3/c1-9-10-20-13-18-24(30-26(2,3)4)22(25(20)31-27(5,6)7)16-17-23(29)19-11-14-21(28-8)15-12-19/h9,11-18,28H,1,10H2,2-8H3. The largest absolute Gasteiger partial charge is 0.487 e. The predicted molar refractivity (Wildman–Crippen MR) is 130 cm³/mol. The van der Waals surface area contributed by atoms with Crippen molar-refractivity contribution >= 4 is 17.5 Å². The number of hydrogen-bond acceptors (Lipinski definition) is 4. The summed E-state index contributed by atoms with van der Waals surface area (Å²) >= 11 is 0. The van der Waals surface area contributed by atoms with E-state index in [1.54, 1.807) is 12.2 Å². The van der Waals surface area contributed by atoms with Crippen LogP contribution in [0.15, 0.2) is 55.1 Å². The summed E-state index contributed by atoms with van der Waals surface area (Å²) < 4.78 is 12.6. The molecule has 0 atom stereocenters. The predicted octanol–water partition coefficient (Wildman–Crippen LogP) is 6.71. The summed E-state index contributed by atoms with van der Waals surface area (Å²) in [6, 6.07) is 11.3. The molecule has 0 bridgehead atoms. The van der Waals surface area contributed by atoms with Gasteiger partial charge < -0.3 is 14.8 Å². The van der Waals surface area contributed by atoms with E-state index in [-0.39, 0.29) is 5.78 Å². The number of rotatable bonds is 8. The van der Waals surface area contributed by atoms with Crippen molar-refractivity contribution in [3.63, 3.8) is 0 Å². The molecule has 0 fully saturated rings. The Bertz CT molecular complexity index is 942. The fourth-order valence-electron chi connectivity index (χ4n) is 3.00. The van der Waals surface area contributed by atoms with Crippen molar-refractivity contribution in [1.82, 2.24) is 0 Å². The molecule has 0 aliphatic rings. The molecular weight excluding hydrogens is 386 g/mol. The SMILES string of the molecule is C=CCc1ccc(OC(C)(C)C)c(C=CC(=O)c2ccc(NC)cc2)c1OC(C)(C)C. The minimum atomic E-state index is -0.411. The van der Waals surface area contributed by atoms with Crippen molar-refractivity contribution in [2.24, 2.45) is 0 Å². The van der Waals surface area contributed by atoms with Gasteiger partial charge in [-0.25, -0.2) is 0 Å². The zero-order valence-electron chi connectivity index (χ0n) is 19.8. The summed E-state index contributed by atoms with van der Waals surface area (Å²) in [5, 5.41) is 3.06. The van der Waals surface area contributed by atoms with Crippen LogP contribution in [-0.4, -0.2) is 24.0 Å². The number of carbonyl (C=O) groups excluding carboxylic acids is 1. The van der Waals surface area contributed by atoms with Crippen molar-refractivity contribution < 1.29 is 14.3 Å². The Kier molecular flexibility index (Phi) is 7.72. The van der Waals surface area contributed by atoms with Gasteiger partial charge >= 0.3 is 0 Å². The maximum atomic E-state index is 12.8. The van der Waals surface area contributed by atoms with Gasteiger partial charge in [0.15, 0.2) is 5.78 Å². The Labute approximate surface area is 187 Å². The summed E-state index contributed by atoms with van der Waals surface area (Å²) in [7, 11) is 1.85. The molecule has 0 heterocycles. The molecule has 0 unspecified atom stereocenters. The van der Waals surface area contributed by atoms with Crippen molar-refractivity contribution in [1.29, 1.82) is 0 Å². The zero-order chi connectivity index (χ0) is 23.2. The Hall–Kier alpha value is -3.01. The van der Waals surface area contributed by atoms with E-state index in [1.807, 2.05) is 91.1 Å². The number of anilines is 1. The quantitative estimate of drug-likeness (QED) is 0.292. The number of allylic oxidation sites excluding steroid dienone is 2. The first-order chi connectivity index (χ1) is 14.4. The average Bonchev–Trinajstić information content (AvgIpc) is 2.67. The molecule has 0 amide bonds. The Morgan fingerprint density at radius 3 is 2.10 bits per heavy atom. The van der Waals surface area contributed by atoms with Crippen LogP contribution in [0.25, 0.3) is 6.08 Å². The molecule has 0 aliphatic heterocycles. The molecule has 2 aromatic rings. The summed E-state index contributed by atoms with van der Waals surface area (Å²) in [5.41, 5.74) is 2.52. The number of carbonyl (C=O) groups is 1. The van der Waals surface area contributed by atoms with Crippen molar-refractivity contribution in [3.05, 3.63) is 71.8 Å². The molecule has 0 radical (unpaired) electrons. The smallest absolute Gasteiger partial charge is 0.185 e. The van der Waals surface area contributed by atoms with Gasteiger partial charge in [-0.3, -0.25) is 4.79 Å². The van der Waals surface area contributed by atoms with Gasteiger partial charge in [-0.15, -0.1) is 6.58 Å². The minimum absolute atomic E-state index is 0.0832. The van der Waals surface area contributed by atoms with E-state index < -0.39 is 11.2 Å². The molecule has 2 rings (SSSR count). The topological polar surface area (TPSA) is 47.6 Å². The van der Waals surface area contributed by atoms with Crippen LogP contribution in [-0.2, 0) is 6.42 Å². The third-order valence-electron chi connectivity index (χ3n) is 4.29. The first-order valence-electron chi connectivity index (χ1n) is 10.6. The second-order valence-electron chi connectivity index (χ2n) is 9.41. The lowest BCUT2D eigenvalue weighted by atomic mass is 10.0. The molecule has 0 saturated heterocycles. The minimum Gasteiger partial charge on any atom is -0.487 e. The summed E-state index contributed by atoms with van der Waals surface area (Å²) in [6.07, 6.45) is 5.87. The lowest BCUT2D eigenvalue weighted by Gasteiger charge is -2.28. The molecule has 0 spiro atoms. The van der Waals surface area contributed by atoms with Gasteiger partial charge in [-0.2, -0.15) is 0 Å². The van der Waals surface area contributed by atoms with Crippen LogP contribution in [0.4, 0.5) is 5.69 Å². The number of ether oxygens (including phenoxy) is 2. The van der Waals surface area contributed by atoms with Gasteiger partial charge in [0.25, 0.3) is 0 Å². The highest BCUT2D eigenvalue weighted by Gasteiger charge is 2.22. The van der Waals surface area contributed by atoms with E-state index in [2.05, 4.69) is 11.9 Å². The fraction of sp³-hybridized carbons (Fsp3) is 0.370. The second-order valence-corrected chi connectivity index (χ2v) is 9.41. The van der Waals surface area contributed by atoms with Gasteiger partial charge in [0.2, 0.25) is 0 Å². The van der Waals surface area contributed by atoms with Crippen molar-refractivity contribution in [2.45, 2.75) is 59.2 Å². The van der Waals surface area contributed by atoms with Crippen LogP contribution in [0.2, 0.25) is 0 Å². The summed E-state index contributed by atoms with van der Waals surface area (Å²) in [6.45, 7) is 15.9.